The molecule has 0 saturated heterocycles. The Balaban J connectivity index is 2.15. The Bertz CT molecular complexity index is 806. The molecule has 2 aromatic carbocycles. The van der Waals surface area contributed by atoms with Crippen LogP contribution in [0.5, 0.6) is 0 Å². The van der Waals surface area contributed by atoms with Crippen LogP contribution in [0.2, 0.25) is 10.0 Å². The number of benzene rings is 2. The van der Waals surface area contributed by atoms with E-state index in [2.05, 4.69) is 20.9 Å². The van der Waals surface area contributed by atoms with E-state index in [4.69, 9.17) is 23.2 Å². The summed E-state index contributed by atoms with van der Waals surface area (Å²) in [5.41, 5.74) is 1.99. The fourth-order valence-corrected chi connectivity index (χ4v) is 3.15. The summed E-state index contributed by atoms with van der Waals surface area (Å²) in [6.07, 6.45) is 1.69. The molecule has 0 fully saturated rings. The predicted octanol–water partition coefficient (Wildman–Crippen LogP) is 5.47. The number of H-pyrrole nitrogens is 1. The molecule has 1 aromatic heterocycles. The van der Waals surface area contributed by atoms with Crippen LogP contribution in [-0.2, 0) is 0 Å². The van der Waals surface area contributed by atoms with Crippen LogP contribution in [0.4, 0.5) is 0 Å². The van der Waals surface area contributed by atoms with E-state index in [-0.39, 0.29) is 5.78 Å². The molecule has 0 spiro atoms. The number of rotatable bonds is 2. The maximum atomic E-state index is 12.6. The minimum absolute atomic E-state index is 0.0956. The molecule has 0 aliphatic heterocycles. The number of halogens is 3. The van der Waals surface area contributed by atoms with Gasteiger partial charge in [0.15, 0.2) is 5.78 Å². The number of ketones is 1. The quantitative estimate of drug-likeness (QED) is 0.598. The number of carbonyl (C=O) groups is 1. The number of aromatic nitrogens is 1. The first kappa shape index (κ1) is 13.7. The largest absolute Gasteiger partial charge is 0.360 e. The molecule has 0 unspecified atom stereocenters. The SMILES string of the molecule is O=C(c1cc(Cl)cc(Br)c1)c1c[nH]c2ccc(Cl)cc12. The molecular weight excluding hydrogens is 361 g/mol. The number of fused-ring (bicyclic) bond motifs is 1. The Morgan fingerprint density at radius 2 is 1.85 bits per heavy atom. The van der Waals surface area contributed by atoms with E-state index < -0.39 is 0 Å². The number of hydrogen-bond acceptors (Lipinski definition) is 1. The zero-order valence-electron chi connectivity index (χ0n) is 10.1. The molecule has 0 amide bonds. The minimum Gasteiger partial charge on any atom is -0.360 e. The van der Waals surface area contributed by atoms with Crippen molar-refractivity contribution >= 4 is 55.8 Å². The molecule has 3 rings (SSSR count). The number of hydrogen-bond donors (Lipinski definition) is 1. The lowest BCUT2D eigenvalue weighted by atomic mass is 10.0. The van der Waals surface area contributed by atoms with Gasteiger partial charge in [-0.1, -0.05) is 39.1 Å². The molecule has 0 atom stereocenters. The maximum absolute atomic E-state index is 12.6. The van der Waals surface area contributed by atoms with Crippen LogP contribution < -0.4 is 0 Å². The summed E-state index contributed by atoms with van der Waals surface area (Å²) in [4.78, 5) is 15.7. The molecule has 3 aromatic rings. The second-order valence-corrected chi connectivity index (χ2v) is 6.17. The summed E-state index contributed by atoms with van der Waals surface area (Å²) in [6.45, 7) is 0. The van der Waals surface area contributed by atoms with E-state index in [1.807, 2.05) is 6.07 Å². The highest BCUT2D eigenvalue weighted by Crippen LogP contribution is 2.26. The van der Waals surface area contributed by atoms with Gasteiger partial charge >= 0.3 is 0 Å². The molecule has 0 bridgehead atoms. The Morgan fingerprint density at radius 1 is 1.05 bits per heavy atom. The van der Waals surface area contributed by atoms with Crippen molar-refractivity contribution in [3.63, 3.8) is 0 Å². The van der Waals surface area contributed by atoms with Gasteiger partial charge in [-0.25, -0.2) is 0 Å². The van der Waals surface area contributed by atoms with Crippen LogP contribution in [0.15, 0.2) is 47.1 Å². The predicted molar refractivity (Wildman–Crippen MR) is 85.9 cm³/mol. The summed E-state index contributed by atoms with van der Waals surface area (Å²) in [5, 5.41) is 1.91. The van der Waals surface area contributed by atoms with Gasteiger partial charge in [-0.05, 0) is 36.4 Å². The van der Waals surface area contributed by atoms with E-state index >= 15 is 0 Å². The molecule has 2 nitrogen and oxygen atoms in total. The van der Waals surface area contributed by atoms with E-state index in [0.717, 1.165) is 15.4 Å². The Kier molecular flexibility index (Phi) is 3.59. The van der Waals surface area contributed by atoms with Crippen LogP contribution in [0, 0.1) is 0 Å². The van der Waals surface area contributed by atoms with Gasteiger partial charge in [0.1, 0.15) is 0 Å². The summed E-state index contributed by atoms with van der Waals surface area (Å²) in [6, 6.07) is 10.5. The topological polar surface area (TPSA) is 32.9 Å². The van der Waals surface area contributed by atoms with Crippen molar-refractivity contribution < 1.29 is 4.79 Å². The first-order chi connectivity index (χ1) is 9.54. The summed E-state index contributed by atoms with van der Waals surface area (Å²) in [7, 11) is 0. The summed E-state index contributed by atoms with van der Waals surface area (Å²) < 4.78 is 0.770. The molecule has 1 heterocycles. The third kappa shape index (κ3) is 2.49. The monoisotopic (exact) mass is 367 g/mol. The third-order valence-electron chi connectivity index (χ3n) is 3.01. The van der Waals surface area contributed by atoms with Crippen LogP contribution in [-0.4, -0.2) is 10.8 Å². The summed E-state index contributed by atoms with van der Waals surface area (Å²) in [5.74, 6) is -0.0956. The van der Waals surface area contributed by atoms with Crippen molar-refractivity contribution in [1.82, 2.24) is 4.98 Å². The molecule has 0 aliphatic rings. The first-order valence-electron chi connectivity index (χ1n) is 5.82. The van der Waals surface area contributed by atoms with Crippen molar-refractivity contribution in [2.45, 2.75) is 0 Å². The Labute approximate surface area is 133 Å². The van der Waals surface area contributed by atoms with Crippen molar-refractivity contribution in [2.24, 2.45) is 0 Å². The maximum Gasteiger partial charge on any atom is 0.195 e. The lowest BCUT2D eigenvalue weighted by Crippen LogP contribution is -2.00. The highest BCUT2D eigenvalue weighted by molar-refractivity contribution is 9.10. The smallest absolute Gasteiger partial charge is 0.195 e. The van der Waals surface area contributed by atoms with E-state index in [0.29, 0.717) is 21.2 Å². The zero-order valence-corrected chi connectivity index (χ0v) is 13.2. The summed E-state index contributed by atoms with van der Waals surface area (Å²) >= 11 is 15.3. The normalized spacial score (nSPS) is 10.9. The van der Waals surface area contributed by atoms with Crippen LogP contribution in [0.1, 0.15) is 15.9 Å². The van der Waals surface area contributed by atoms with Gasteiger partial charge in [0, 0.05) is 42.7 Å². The minimum atomic E-state index is -0.0956. The van der Waals surface area contributed by atoms with Gasteiger partial charge in [-0.3, -0.25) is 4.79 Å². The Hall–Kier alpha value is -1.29. The fourth-order valence-electron chi connectivity index (χ4n) is 2.12. The molecule has 0 aliphatic carbocycles. The number of carbonyl (C=O) groups excluding carboxylic acids is 1. The van der Waals surface area contributed by atoms with E-state index in [1.54, 1.807) is 36.5 Å². The number of aromatic amines is 1. The standard InChI is InChI=1S/C15H8BrCl2NO/c16-9-3-8(4-11(18)5-9)15(20)13-7-19-14-2-1-10(17)6-12(13)14/h1-7,19H. The third-order valence-corrected chi connectivity index (χ3v) is 3.92. The molecule has 0 saturated carbocycles. The second kappa shape index (κ2) is 5.24. The van der Waals surface area contributed by atoms with E-state index in [1.165, 1.54) is 0 Å². The van der Waals surface area contributed by atoms with Crippen molar-refractivity contribution in [2.75, 3.05) is 0 Å². The molecule has 5 heteroatoms. The van der Waals surface area contributed by atoms with Crippen molar-refractivity contribution in [3.8, 4) is 0 Å². The Morgan fingerprint density at radius 3 is 2.60 bits per heavy atom. The highest BCUT2D eigenvalue weighted by Gasteiger charge is 2.15. The van der Waals surface area contributed by atoms with Gasteiger partial charge in [0.2, 0.25) is 0 Å². The molecule has 100 valence electrons. The van der Waals surface area contributed by atoms with Gasteiger partial charge in [0.05, 0.1) is 0 Å². The van der Waals surface area contributed by atoms with Gasteiger partial charge in [-0.15, -0.1) is 0 Å². The van der Waals surface area contributed by atoms with Crippen LogP contribution >= 0.6 is 39.1 Å². The van der Waals surface area contributed by atoms with Gasteiger partial charge < -0.3 is 4.98 Å². The average molecular weight is 369 g/mol. The first-order valence-corrected chi connectivity index (χ1v) is 7.37. The molecule has 0 radical (unpaired) electrons. The van der Waals surface area contributed by atoms with Crippen molar-refractivity contribution in [1.29, 1.82) is 0 Å². The van der Waals surface area contributed by atoms with Crippen LogP contribution in [0.25, 0.3) is 10.9 Å². The van der Waals surface area contributed by atoms with E-state index in [9.17, 15) is 4.79 Å². The van der Waals surface area contributed by atoms with Gasteiger partial charge in [-0.2, -0.15) is 0 Å². The molecular formula is C15H8BrCl2NO. The molecule has 1 N–H and O–H groups in total. The zero-order chi connectivity index (χ0) is 14.3. The lowest BCUT2D eigenvalue weighted by molar-refractivity contribution is 0.104. The van der Waals surface area contributed by atoms with Crippen molar-refractivity contribution in [3.05, 3.63) is 68.2 Å². The fraction of sp³-hybridized carbons (Fsp3) is 0. The highest BCUT2D eigenvalue weighted by atomic mass is 79.9. The lowest BCUT2D eigenvalue weighted by Gasteiger charge is -2.02. The number of nitrogens with one attached hydrogen (secondary N) is 1. The average Bonchev–Trinajstić information content (AvgIpc) is 2.79. The second-order valence-electron chi connectivity index (χ2n) is 4.38. The van der Waals surface area contributed by atoms with Gasteiger partial charge in [0.25, 0.3) is 0 Å². The molecule has 20 heavy (non-hydrogen) atoms. The van der Waals surface area contributed by atoms with Crippen LogP contribution in [0.3, 0.4) is 0 Å².